The van der Waals surface area contributed by atoms with Crippen molar-refractivity contribution in [2.45, 2.75) is 51.1 Å². The van der Waals surface area contributed by atoms with E-state index < -0.39 is 0 Å². The van der Waals surface area contributed by atoms with Crippen LogP contribution in [0.4, 0.5) is 0 Å². The second-order valence-corrected chi connectivity index (χ2v) is 6.43. The summed E-state index contributed by atoms with van der Waals surface area (Å²) in [6.45, 7) is 7.39. The minimum atomic E-state index is 0.0748. The molecule has 3 rings (SSSR count). The summed E-state index contributed by atoms with van der Waals surface area (Å²) >= 11 is 0. The molecule has 0 saturated carbocycles. The molecule has 4 heteroatoms. The Labute approximate surface area is 116 Å². The first-order valence-corrected chi connectivity index (χ1v) is 8.02. The lowest BCUT2D eigenvalue weighted by Gasteiger charge is -2.42. The third-order valence-electron chi connectivity index (χ3n) is 5.24. The molecule has 0 bridgehead atoms. The zero-order valence-corrected chi connectivity index (χ0v) is 12.1. The van der Waals surface area contributed by atoms with E-state index in [1.54, 1.807) is 0 Å². The van der Waals surface area contributed by atoms with E-state index in [2.05, 4.69) is 22.0 Å². The largest absolute Gasteiger partial charge is 0.341 e. The maximum Gasteiger partial charge on any atom is 0.239 e. The van der Waals surface area contributed by atoms with Crippen molar-refractivity contribution in [1.29, 1.82) is 0 Å². The zero-order valence-electron chi connectivity index (χ0n) is 12.1. The van der Waals surface area contributed by atoms with Crippen LogP contribution in [-0.4, -0.2) is 60.5 Å². The molecule has 3 heterocycles. The van der Waals surface area contributed by atoms with Gasteiger partial charge in [0.05, 0.1) is 6.04 Å². The van der Waals surface area contributed by atoms with Gasteiger partial charge in [0.2, 0.25) is 5.91 Å². The van der Waals surface area contributed by atoms with E-state index in [9.17, 15) is 4.79 Å². The van der Waals surface area contributed by atoms with Gasteiger partial charge in [-0.05, 0) is 58.0 Å². The number of carbonyl (C=O) groups is 1. The minimum Gasteiger partial charge on any atom is -0.341 e. The molecule has 4 nitrogen and oxygen atoms in total. The fraction of sp³-hybridized carbons (Fsp3) is 0.933. The molecule has 19 heavy (non-hydrogen) atoms. The Kier molecular flexibility index (Phi) is 4.08. The van der Waals surface area contributed by atoms with Gasteiger partial charge >= 0.3 is 0 Å². The van der Waals surface area contributed by atoms with E-state index in [1.165, 1.54) is 32.1 Å². The van der Waals surface area contributed by atoms with E-state index in [0.717, 1.165) is 38.6 Å². The highest BCUT2D eigenvalue weighted by Crippen LogP contribution is 2.28. The number of hydrogen-bond donors (Lipinski definition) is 1. The molecule has 3 unspecified atom stereocenters. The number of fused-ring (bicyclic) bond motifs is 1. The van der Waals surface area contributed by atoms with Crippen molar-refractivity contribution in [2.24, 2.45) is 5.92 Å². The fourth-order valence-corrected chi connectivity index (χ4v) is 4.10. The topological polar surface area (TPSA) is 35.6 Å². The van der Waals surface area contributed by atoms with Crippen LogP contribution in [0.3, 0.4) is 0 Å². The maximum atomic E-state index is 12.6. The van der Waals surface area contributed by atoms with Gasteiger partial charge in [0.15, 0.2) is 0 Å². The molecule has 0 aliphatic carbocycles. The van der Waals surface area contributed by atoms with Gasteiger partial charge in [0.1, 0.15) is 0 Å². The van der Waals surface area contributed by atoms with E-state index in [-0.39, 0.29) is 6.04 Å². The molecular formula is C15H27N3O. The molecule has 3 aliphatic heterocycles. The Balaban J connectivity index is 1.64. The van der Waals surface area contributed by atoms with Crippen molar-refractivity contribution < 1.29 is 4.79 Å². The summed E-state index contributed by atoms with van der Waals surface area (Å²) in [6, 6.07) is 0.670. The first kappa shape index (κ1) is 13.4. The van der Waals surface area contributed by atoms with Crippen molar-refractivity contribution in [3.63, 3.8) is 0 Å². The van der Waals surface area contributed by atoms with E-state index in [1.807, 2.05) is 0 Å². The van der Waals surface area contributed by atoms with Gasteiger partial charge in [-0.2, -0.15) is 0 Å². The number of amides is 1. The van der Waals surface area contributed by atoms with Crippen LogP contribution in [0.2, 0.25) is 0 Å². The molecular weight excluding hydrogens is 238 g/mol. The van der Waals surface area contributed by atoms with Crippen LogP contribution < -0.4 is 5.32 Å². The van der Waals surface area contributed by atoms with Gasteiger partial charge in [-0.25, -0.2) is 0 Å². The summed E-state index contributed by atoms with van der Waals surface area (Å²) in [7, 11) is 0. The average molecular weight is 265 g/mol. The Hall–Kier alpha value is -0.610. The molecule has 0 aromatic carbocycles. The molecule has 0 radical (unpaired) electrons. The zero-order chi connectivity index (χ0) is 13.2. The molecule has 1 N–H and O–H groups in total. The van der Waals surface area contributed by atoms with Gasteiger partial charge in [-0.1, -0.05) is 0 Å². The third kappa shape index (κ3) is 2.65. The first-order valence-electron chi connectivity index (χ1n) is 8.02. The lowest BCUT2D eigenvalue weighted by Crippen LogP contribution is -2.55. The van der Waals surface area contributed by atoms with Gasteiger partial charge in [-0.15, -0.1) is 0 Å². The second kappa shape index (κ2) is 5.80. The molecule has 3 aliphatic rings. The van der Waals surface area contributed by atoms with Crippen LogP contribution in [0.1, 0.15) is 39.0 Å². The number of rotatable bonds is 2. The van der Waals surface area contributed by atoms with E-state index in [4.69, 9.17) is 0 Å². The predicted octanol–water partition coefficient (Wildman–Crippen LogP) is 1.07. The third-order valence-corrected chi connectivity index (χ3v) is 5.24. The van der Waals surface area contributed by atoms with Crippen LogP contribution >= 0.6 is 0 Å². The monoisotopic (exact) mass is 265 g/mol. The van der Waals surface area contributed by atoms with Crippen molar-refractivity contribution in [3.05, 3.63) is 0 Å². The highest BCUT2D eigenvalue weighted by molar-refractivity contribution is 5.81. The van der Waals surface area contributed by atoms with Crippen LogP contribution in [0, 0.1) is 5.92 Å². The summed E-state index contributed by atoms with van der Waals surface area (Å²) in [6.07, 6.45) is 6.24. The number of hydrogen-bond acceptors (Lipinski definition) is 3. The van der Waals surface area contributed by atoms with Gasteiger partial charge in [-0.3, -0.25) is 9.69 Å². The van der Waals surface area contributed by atoms with Crippen molar-refractivity contribution >= 4 is 5.91 Å². The van der Waals surface area contributed by atoms with Crippen LogP contribution in [0.5, 0.6) is 0 Å². The van der Waals surface area contributed by atoms with Crippen LogP contribution in [-0.2, 0) is 4.79 Å². The molecule has 1 amide bonds. The predicted molar refractivity (Wildman–Crippen MR) is 76.0 cm³/mol. The highest BCUT2D eigenvalue weighted by Gasteiger charge is 2.39. The number of carbonyl (C=O) groups excluding carboxylic acids is 1. The van der Waals surface area contributed by atoms with Gasteiger partial charge < -0.3 is 10.2 Å². The summed E-state index contributed by atoms with van der Waals surface area (Å²) in [5, 5.41) is 3.50. The quantitative estimate of drug-likeness (QED) is 0.811. The van der Waals surface area contributed by atoms with E-state index in [0.29, 0.717) is 11.9 Å². The maximum absolute atomic E-state index is 12.6. The summed E-state index contributed by atoms with van der Waals surface area (Å²) in [5.41, 5.74) is 0. The lowest BCUT2D eigenvalue weighted by atomic mass is 9.90. The minimum absolute atomic E-state index is 0.0748. The SMILES string of the molecule is CC(C(=O)N1CCCCC1)N1CCCC2CNCC21. The number of likely N-dealkylation sites (tertiary alicyclic amines) is 2. The summed E-state index contributed by atoms with van der Waals surface area (Å²) in [5.74, 6) is 1.14. The average Bonchev–Trinajstić information content (AvgIpc) is 2.95. The fourth-order valence-electron chi connectivity index (χ4n) is 4.10. The van der Waals surface area contributed by atoms with Crippen LogP contribution in [0.25, 0.3) is 0 Å². The number of piperidine rings is 2. The Morgan fingerprint density at radius 1 is 1.11 bits per heavy atom. The molecule has 3 atom stereocenters. The molecule has 3 saturated heterocycles. The summed E-state index contributed by atoms with van der Waals surface area (Å²) in [4.78, 5) is 17.2. The Morgan fingerprint density at radius 3 is 2.68 bits per heavy atom. The standard InChI is InChI=1S/C15H27N3O/c1-12(15(19)17-7-3-2-4-8-17)18-9-5-6-13-10-16-11-14(13)18/h12-14,16H,2-11H2,1H3. The second-order valence-electron chi connectivity index (χ2n) is 6.43. The number of nitrogens with zero attached hydrogens (tertiary/aromatic N) is 2. The Morgan fingerprint density at radius 2 is 1.89 bits per heavy atom. The van der Waals surface area contributed by atoms with Gasteiger partial charge in [0.25, 0.3) is 0 Å². The van der Waals surface area contributed by atoms with Crippen molar-refractivity contribution in [1.82, 2.24) is 15.1 Å². The van der Waals surface area contributed by atoms with Gasteiger partial charge in [0, 0.05) is 25.7 Å². The molecule has 3 fully saturated rings. The first-order chi connectivity index (χ1) is 9.27. The lowest BCUT2D eigenvalue weighted by molar-refractivity contribution is -0.139. The molecule has 0 aromatic rings. The Bertz CT molecular complexity index is 327. The molecule has 108 valence electrons. The van der Waals surface area contributed by atoms with Crippen molar-refractivity contribution in [2.75, 3.05) is 32.7 Å². The van der Waals surface area contributed by atoms with Crippen molar-refractivity contribution in [3.8, 4) is 0 Å². The van der Waals surface area contributed by atoms with Crippen LogP contribution in [0.15, 0.2) is 0 Å². The smallest absolute Gasteiger partial charge is 0.239 e. The summed E-state index contributed by atoms with van der Waals surface area (Å²) < 4.78 is 0. The van der Waals surface area contributed by atoms with E-state index >= 15 is 0 Å². The normalized spacial score (nSPS) is 34.1. The highest BCUT2D eigenvalue weighted by atomic mass is 16.2. The molecule has 0 spiro atoms. The molecule has 0 aromatic heterocycles. The number of nitrogens with one attached hydrogen (secondary N) is 1.